The van der Waals surface area contributed by atoms with Crippen LogP contribution in [-0.2, 0) is 10.5 Å². The van der Waals surface area contributed by atoms with Crippen LogP contribution in [0.2, 0.25) is 5.02 Å². The van der Waals surface area contributed by atoms with Gasteiger partial charge >= 0.3 is 0 Å². The number of primary amides is 1. The predicted molar refractivity (Wildman–Crippen MR) is 109 cm³/mol. The summed E-state index contributed by atoms with van der Waals surface area (Å²) in [6.45, 7) is 1.80. The molecule has 1 aromatic carbocycles. The summed E-state index contributed by atoms with van der Waals surface area (Å²) in [6, 6.07) is 12.7. The Hall–Kier alpha value is -2.84. The molecule has 1 amide bonds. The third-order valence-electron chi connectivity index (χ3n) is 4.38. The topological polar surface area (TPSA) is 98.7 Å². The average molecular weight is 413 g/mol. The lowest BCUT2D eigenvalue weighted by Gasteiger charge is -2.26. The molecule has 7 nitrogen and oxygen atoms in total. The summed E-state index contributed by atoms with van der Waals surface area (Å²) in [6.07, 6.45) is 1.68. The number of aromatic nitrogens is 4. The highest BCUT2D eigenvalue weighted by atomic mass is 35.5. The van der Waals surface area contributed by atoms with E-state index in [1.165, 1.54) is 11.8 Å². The van der Waals surface area contributed by atoms with Gasteiger partial charge in [-0.25, -0.2) is 4.68 Å². The van der Waals surface area contributed by atoms with E-state index in [1.54, 1.807) is 17.8 Å². The van der Waals surface area contributed by atoms with Crippen LogP contribution in [0.25, 0.3) is 0 Å². The number of carbonyl (C=O) groups is 1. The van der Waals surface area contributed by atoms with Crippen molar-refractivity contribution >= 4 is 35.2 Å². The summed E-state index contributed by atoms with van der Waals surface area (Å²) < 4.78 is 1.66. The van der Waals surface area contributed by atoms with Gasteiger partial charge in [0.1, 0.15) is 6.04 Å². The number of pyridine rings is 1. The first-order chi connectivity index (χ1) is 13.5. The molecule has 0 spiro atoms. The fourth-order valence-corrected chi connectivity index (χ4v) is 4.20. The second-order valence-corrected chi connectivity index (χ2v) is 7.58. The first kappa shape index (κ1) is 18.5. The highest BCUT2D eigenvalue weighted by Gasteiger charge is 2.34. The van der Waals surface area contributed by atoms with Gasteiger partial charge in [-0.15, -0.1) is 5.10 Å². The van der Waals surface area contributed by atoms with Crippen molar-refractivity contribution in [1.29, 1.82) is 0 Å². The van der Waals surface area contributed by atoms with Crippen LogP contribution in [0.1, 0.15) is 24.2 Å². The fraction of sp³-hybridized carbons (Fsp3) is 0.158. The minimum absolute atomic E-state index is 0.416. The Kier molecular flexibility index (Phi) is 5.06. The maximum absolute atomic E-state index is 12.1. The van der Waals surface area contributed by atoms with Gasteiger partial charge in [0.15, 0.2) is 0 Å². The molecule has 3 heterocycles. The van der Waals surface area contributed by atoms with E-state index in [0.29, 0.717) is 38.8 Å². The van der Waals surface area contributed by atoms with Crippen LogP contribution in [-0.4, -0.2) is 25.7 Å². The molecule has 0 fully saturated rings. The van der Waals surface area contributed by atoms with Crippen molar-refractivity contribution in [2.45, 2.75) is 23.9 Å². The number of hydrogen-bond donors (Lipinski definition) is 2. The molecule has 1 aliphatic heterocycles. The van der Waals surface area contributed by atoms with Gasteiger partial charge in [-0.3, -0.25) is 9.78 Å². The largest absolute Gasteiger partial charge is 0.366 e. The van der Waals surface area contributed by atoms with E-state index in [2.05, 4.69) is 20.4 Å². The normalized spacial score (nSPS) is 15.9. The average Bonchev–Trinajstić information content (AvgIpc) is 3.09. The van der Waals surface area contributed by atoms with E-state index in [9.17, 15) is 4.79 Å². The third-order valence-corrected chi connectivity index (χ3v) is 5.64. The van der Waals surface area contributed by atoms with E-state index in [0.717, 1.165) is 5.56 Å². The van der Waals surface area contributed by atoms with Crippen LogP contribution in [0.4, 0.5) is 5.95 Å². The number of allylic oxidation sites excluding steroid dienone is 1. The number of halogens is 1. The fourth-order valence-electron chi connectivity index (χ4n) is 3.08. The second-order valence-electron chi connectivity index (χ2n) is 6.23. The number of nitrogens with one attached hydrogen (secondary N) is 1. The molecule has 9 heteroatoms. The molecular weight excluding hydrogens is 396 g/mol. The van der Waals surface area contributed by atoms with Crippen LogP contribution in [0.5, 0.6) is 0 Å². The van der Waals surface area contributed by atoms with E-state index in [4.69, 9.17) is 17.3 Å². The predicted octanol–water partition coefficient (Wildman–Crippen LogP) is 3.39. The molecule has 0 saturated carbocycles. The number of thioether (sulfide) groups is 1. The number of benzene rings is 1. The zero-order valence-electron chi connectivity index (χ0n) is 15.0. The summed E-state index contributed by atoms with van der Waals surface area (Å²) in [5, 5.41) is 9.00. The van der Waals surface area contributed by atoms with Gasteiger partial charge in [0.25, 0.3) is 0 Å². The first-order valence-corrected chi connectivity index (χ1v) is 9.92. The van der Waals surface area contributed by atoms with E-state index >= 15 is 0 Å². The van der Waals surface area contributed by atoms with Gasteiger partial charge in [-0.2, -0.15) is 4.98 Å². The molecule has 0 saturated heterocycles. The molecule has 1 aliphatic rings. The zero-order valence-corrected chi connectivity index (χ0v) is 16.5. The van der Waals surface area contributed by atoms with Crippen LogP contribution >= 0.6 is 23.4 Å². The number of hydrogen-bond acceptors (Lipinski definition) is 6. The summed E-state index contributed by atoms with van der Waals surface area (Å²) in [5.41, 5.74) is 8.39. The van der Waals surface area contributed by atoms with E-state index < -0.39 is 11.9 Å². The van der Waals surface area contributed by atoms with Crippen molar-refractivity contribution in [1.82, 2.24) is 19.7 Å². The zero-order chi connectivity index (χ0) is 19.7. The first-order valence-electron chi connectivity index (χ1n) is 8.56. The van der Waals surface area contributed by atoms with Crippen molar-refractivity contribution < 1.29 is 4.79 Å². The Labute approximate surface area is 171 Å². The number of amides is 1. The van der Waals surface area contributed by atoms with Crippen molar-refractivity contribution in [2.75, 3.05) is 5.32 Å². The van der Waals surface area contributed by atoms with Crippen molar-refractivity contribution in [3.05, 3.63) is 76.2 Å². The maximum Gasteiger partial charge on any atom is 0.248 e. The maximum atomic E-state index is 12.1. The van der Waals surface area contributed by atoms with Crippen molar-refractivity contribution in [2.24, 2.45) is 5.73 Å². The SMILES string of the molecule is CC1=C(C(N)=O)[C@@H](c2ccccn2)n2nc(SCc3ccccc3Cl)nc2N1. The minimum atomic E-state index is -0.530. The Bertz CT molecular complexity index is 1070. The van der Waals surface area contributed by atoms with Crippen molar-refractivity contribution in [3.8, 4) is 0 Å². The molecule has 3 aromatic rings. The minimum Gasteiger partial charge on any atom is -0.366 e. The summed E-state index contributed by atoms with van der Waals surface area (Å²) in [7, 11) is 0. The second kappa shape index (κ2) is 7.65. The quantitative estimate of drug-likeness (QED) is 0.623. The van der Waals surface area contributed by atoms with Crippen LogP contribution in [0, 0.1) is 0 Å². The third kappa shape index (κ3) is 3.48. The lowest BCUT2D eigenvalue weighted by atomic mass is 9.99. The lowest BCUT2D eigenvalue weighted by molar-refractivity contribution is -0.115. The number of fused-ring (bicyclic) bond motifs is 1. The lowest BCUT2D eigenvalue weighted by Crippen LogP contribution is -2.32. The number of nitrogens with zero attached hydrogens (tertiary/aromatic N) is 4. The van der Waals surface area contributed by atoms with Crippen LogP contribution < -0.4 is 11.1 Å². The highest BCUT2D eigenvalue weighted by Crippen LogP contribution is 2.35. The Morgan fingerprint density at radius 1 is 1.29 bits per heavy atom. The van der Waals surface area contributed by atoms with Gasteiger partial charge in [0.05, 0.1) is 11.3 Å². The van der Waals surface area contributed by atoms with Crippen LogP contribution in [0.15, 0.2) is 65.1 Å². The number of nitrogens with two attached hydrogens (primary N) is 1. The molecule has 0 radical (unpaired) electrons. The van der Waals surface area contributed by atoms with E-state index in [1.807, 2.05) is 42.5 Å². The molecule has 28 heavy (non-hydrogen) atoms. The Balaban J connectivity index is 1.68. The number of anilines is 1. The molecule has 0 unspecified atom stereocenters. The monoisotopic (exact) mass is 412 g/mol. The van der Waals surface area contributed by atoms with Gasteiger partial charge in [0.2, 0.25) is 17.0 Å². The molecule has 3 N–H and O–H groups in total. The van der Waals surface area contributed by atoms with Crippen LogP contribution in [0.3, 0.4) is 0 Å². The van der Waals surface area contributed by atoms with Crippen molar-refractivity contribution in [3.63, 3.8) is 0 Å². The molecule has 2 aromatic heterocycles. The summed E-state index contributed by atoms with van der Waals surface area (Å²) in [5.74, 6) is 0.652. The van der Waals surface area contributed by atoms with Gasteiger partial charge in [-0.05, 0) is 30.7 Å². The standard InChI is InChI=1S/C19H17ClN6OS/c1-11-15(17(21)27)16(14-8-4-5-9-22-14)26-18(23-11)24-19(25-26)28-10-12-6-2-3-7-13(12)20/h2-9,16H,10H2,1H3,(H2,21,27)(H,23,24,25)/t16-/m1/s1. The Morgan fingerprint density at radius 2 is 2.07 bits per heavy atom. The molecule has 0 aliphatic carbocycles. The highest BCUT2D eigenvalue weighted by molar-refractivity contribution is 7.98. The van der Waals surface area contributed by atoms with E-state index in [-0.39, 0.29) is 0 Å². The molecule has 4 rings (SSSR count). The summed E-state index contributed by atoms with van der Waals surface area (Å²) in [4.78, 5) is 21.1. The van der Waals surface area contributed by atoms with Gasteiger partial charge in [-0.1, -0.05) is 47.6 Å². The summed E-state index contributed by atoms with van der Waals surface area (Å²) >= 11 is 7.70. The smallest absolute Gasteiger partial charge is 0.248 e. The molecule has 1 atom stereocenters. The van der Waals surface area contributed by atoms with Gasteiger partial charge < -0.3 is 11.1 Å². The Morgan fingerprint density at radius 3 is 2.79 bits per heavy atom. The number of rotatable bonds is 5. The van der Waals surface area contributed by atoms with Gasteiger partial charge in [0, 0.05) is 22.7 Å². The molecule has 142 valence electrons. The molecular formula is C19H17ClN6OS. The number of carbonyl (C=O) groups excluding carboxylic acids is 1. The molecule has 0 bridgehead atoms.